The van der Waals surface area contributed by atoms with Crippen LogP contribution in [0, 0.1) is 3.57 Å². The lowest BCUT2D eigenvalue weighted by atomic mass is 10.3. The Morgan fingerprint density at radius 2 is 1.87 bits per heavy atom. The van der Waals surface area contributed by atoms with Crippen LogP contribution in [0.4, 0.5) is 17.2 Å². The lowest BCUT2D eigenvalue weighted by Gasteiger charge is -2.07. The first-order chi connectivity index (χ1) is 7.25. The Bertz CT molecular complexity index is 454. The normalized spacial score (nSPS) is 9.93. The van der Waals surface area contributed by atoms with E-state index in [1.165, 1.54) is 3.57 Å². The SMILES string of the molecule is Nc1ncccc1Nc1ccc(I)cc1. The molecule has 1 aromatic heterocycles. The van der Waals surface area contributed by atoms with Gasteiger partial charge in [-0.1, -0.05) is 0 Å². The molecule has 0 spiro atoms. The molecule has 0 aliphatic heterocycles. The minimum atomic E-state index is 0.510. The molecule has 0 amide bonds. The maximum absolute atomic E-state index is 5.72. The monoisotopic (exact) mass is 311 g/mol. The molecule has 76 valence electrons. The number of nitrogens with zero attached hydrogens (tertiary/aromatic N) is 1. The Kier molecular flexibility index (Phi) is 3.05. The number of nitrogens with two attached hydrogens (primary N) is 1. The molecule has 0 unspecified atom stereocenters. The Balaban J connectivity index is 2.22. The number of aromatic nitrogens is 1. The van der Waals surface area contributed by atoms with Gasteiger partial charge in [0.2, 0.25) is 0 Å². The number of nitrogen functional groups attached to an aromatic ring is 1. The van der Waals surface area contributed by atoms with Crippen LogP contribution in [0.1, 0.15) is 0 Å². The van der Waals surface area contributed by atoms with E-state index in [-0.39, 0.29) is 0 Å². The van der Waals surface area contributed by atoms with Gasteiger partial charge in [-0.2, -0.15) is 0 Å². The molecule has 0 aliphatic carbocycles. The number of hydrogen-bond donors (Lipinski definition) is 2. The fourth-order valence-corrected chi connectivity index (χ4v) is 1.57. The van der Waals surface area contributed by atoms with Gasteiger partial charge in [-0.05, 0) is 59.0 Å². The van der Waals surface area contributed by atoms with Crippen molar-refractivity contribution in [3.8, 4) is 0 Å². The van der Waals surface area contributed by atoms with Gasteiger partial charge in [0.25, 0.3) is 0 Å². The van der Waals surface area contributed by atoms with Crippen molar-refractivity contribution in [1.82, 2.24) is 4.98 Å². The molecular weight excluding hydrogens is 301 g/mol. The fraction of sp³-hybridized carbons (Fsp3) is 0. The zero-order valence-electron chi connectivity index (χ0n) is 7.94. The van der Waals surface area contributed by atoms with Gasteiger partial charge in [0.05, 0.1) is 5.69 Å². The molecule has 0 saturated carbocycles. The molecule has 15 heavy (non-hydrogen) atoms. The molecule has 1 heterocycles. The maximum Gasteiger partial charge on any atom is 0.147 e. The van der Waals surface area contributed by atoms with Gasteiger partial charge >= 0.3 is 0 Å². The summed E-state index contributed by atoms with van der Waals surface area (Å²) < 4.78 is 1.21. The smallest absolute Gasteiger partial charge is 0.147 e. The van der Waals surface area contributed by atoms with E-state index in [1.807, 2.05) is 36.4 Å². The van der Waals surface area contributed by atoms with Crippen LogP contribution >= 0.6 is 22.6 Å². The van der Waals surface area contributed by atoms with Gasteiger partial charge in [-0.25, -0.2) is 4.98 Å². The van der Waals surface area contributed by atoms with Crippen LogP contribution in [0.3, 0.4) is 0 Å². The lowest BCUT2D eigenvalue weighted by Crippen LogP contribution is -1.97. The first kappa shape index (κ1) is 10.2. The van der Waals surface area contributed by atoms with Crippen molar-refractivity contribution in [2.75, 3.05) is 11.1 Å². The zero-order chi connectivity index (χ0) is 10.7. The van der Waals surface area contributed by atoms with Crippen molar-refractivity contribution in [2.24, 2.45) is 0 Å². The van der Waals surface area contributed by atoms with Crippen LogP contribution in [0.25, 0.3) is 0 Å². The summed E-state index contributed by atoms with van der Waals surface area (Å²) in [6, 6.07) is 11.8. The van der Waals surface area contributed by atoms with Gasteiger partial charge in [0, 0.05) is 15.5 Å². The molecule has 0 fully saturated rings. The van der Waals surface area contributed by atoms with Gasteiger partial charge < -0.3 is 11.1 Å². The summed E-state index contributed by atoms with van der Waals surface area (Å²) in [6.07, 6.45) is 1.68. The third-order valence-corrected chi connectivity index (χ3v) is 2.68. The highest BCUT2D eigenvalue weighted by Gasteiger charge is 1.98. The van der Waals surface area contributed by atoms with Crippen LogP contribution in [-0.4, -0.2) is 4.98 Å². The third-order valence-electron chi connectivity index (χ3n) is 1.96. The molecule has 2 aromatic rings. The lowest BCUT2D eigenvalue weighted by molar-refractivity contribution is 1.33. The highest BCUT2D eigenvalue weighted by molar-refractivity contribution is 14.1. The summed E-state index contributed by atoms with van der Waals surface area (Å²) in [5.74, 6) is 0.510. The second-order valence-electron chi connectivity index (χ2n) is 3.07. The van der Waals surface area contributed by atoms with Crippen molar-refractivity contribution < 1.29 is 0 Å². The number of benzene rings is 1. The summed E-state index contributed by atoms with van der Waals surface area (Å²) in [6.45, 7) is 0. The van der Waals surface area contributed by atoms with Crippen LogP contribution in [0.15, 0.2) is 42.6 Å². The average Bonchev–Trinajstić information content (AvgIpc) is 2.25. The topological polar surface area (TPSA) is 50.9 Å². The van der Waals surface area contributed by atoms with Crippen molar-refractivity contribution in [2.45, 2.75) is 0 Å². The molecular formula is C11H10IN3. The molecule has 0 radical (unpaired) electrons. The second-order valence-corrected chi connectivity index (χ2v) is 4.31. The summed E-state index contributed by atoms with van der Waals surface area (Å²) in [4.78, 5) is 4.01. The predicted molar refractivity (Wildman–Crippen MR) is 71.1 cm³/mol. The summed E-state index contributed by atoms with van der Waals surface area (Å²) in [5.41, 5.74) is 7.56. The predicted octanol–water partition coefficient (Wildman–Crippen LogP) is 3.01. The molecule has 0 atom stereocenters. The van der Waals surface area contributed by atoms with E-state index in [4.69, 9.17) is 5.73 Å². The average molecular weight is 311 g/mol. The summed E-state index contributed by atoms with van der Waals surface area (Å²) in [7, 11) is 0. The van der Waals surface area contributed by atoms with E-state index in [2.05, 4.69) is 32.9 Å². The van der Waals surface area contributed by atoms with Crippen molar-refractivity contribution >= 4 is 39.8 Å². The quantitative estimate of drug-likeness (QED) is 0.838. The minimum absolute atomic E-state index is 0.510. The van der Waals surface area contributed by atoms with Crippen molar-refractivity contribution in [1.29, 1.82) is 0 Å². The molecule has 0 saturated heterocycles. The van der Waals surface area contributed by atoms with Crippen molar-refractivity contribution in [3.63, 3.8) is 0 Å². The van der Waals surface area contributed by atoms with E-state index in [0.717, 1.165) is 11.4 Å². The minimum Gasteiger partial charge on any atom is -0.382 e. The van der Waals surface area contributed by atoms with Crippen LogP contribution < -0.4 is 11.1 Å². The first-order valence-corrected chi connectivity index (χ1v) is 5.56. The van der Waals surface area contributed by atoms with Crippen LogP contribution in [0.5, 0.6) is 0 Å². The van der Waals surface area contributed by atoms with Gasteiger partial charge in [-0.15, -0.1) is 0 Å². The fourth-order valence-electron chi connectivity index (χ4n) is 1.21. The molecule has 0 aliphatic rings. The third kappa shape index (κ3) is 2.59. The highest BCUT2D eigenvalue weighted by atomic mass is 127. The molecule has 3 nitrogen and oxygen atoms in total. The molecule has 0 bridgehead atoms. The molecule has 2 rings (SSSR count). The van der Waals surface area contributed by atoms with E-state index < -0.39 is 0 Å². The molecule has 3 N–H and O–H groups in total. The van der Waals surface area contributed by atoms with Crippen molar-refractivity contribution in [3.05, 3.63) is 46.2 Å². The number of nitrogens with one attached hydrogen (secondary N) is 1. The van der Waals surface area contributed by atoms with Gasteiger partial charge in [0.15, 0.2) is 0 Å². The first-order valence-electron chi connectivity index (χ1n) is 4.49. The van der Waals surface area contributed by atoms with Gasteiger partial charge in [0.1, 0.15) is 5.82 Å². The highest BCUT2D eigenvalue weighted by Crippen LogP contribution is 2.20. The van der Waals surface area contributed by atoms with Gasteiger partial charge in [-0.3, -0.25) is 0 Å². The molecule has 1 aromatic carbocycles. The number of rotatable bonds is 2. The summed E-state index contributed by atoms with van der Waals surface area (Å²) >= 11 is 2.27. The van der Waals surface area contributed by atoms with E-state index >= 15 is 0 Å². The second kappa shape index (κ2) is 4.48. The molecule has 4 heteroatoms. The Hall–Kier alpha value is -1.30. The Labute approximate surface area is 102 Å². The number of pyridine rings is 1. The largest absolute Gasteiger partial charge is 0.382 e. The van der Waals surface area contributed by atoms with E-state index in [0.29, 0.717) is 5.82 Å². The number of hydrogen-bond acceptors (Lipinski definition) is 3. The number of halogens is 1. The Morgan fingerprint density at radius 1 is 1.13 bits per heavy atom. The Morgan fingerprint density at radius 3 is 2.53 bits per heavy atom. The standard InChI is InChI=1S/C11H10IN3/c12-8-3-5-9(6-4-8)15-10-2-1-7-14-11(10)13/h1-7,15H,(H2,13,14). The van der Waals surface area contributed by atoms with Crippen LogP contribution in [0.2, 0.25) is 0 Å². The number of anilines is 3. The maximum atomic E-state index is 5.72. The van der Waals surface area contributed by atoms with Crippen LogP contribution in [-0.2, 0) is 0 Å². The van der Waals surface area contributed by atoms with E-state index in [1.54, 1.807) is 6.20 Å². The van der Waals surface area contributed by atoms with E-state index in [9.17, 15) is 0 Å². The summed E-state index contributed by atoms with van der Waals surface area (Å²) in [5, 5.41) is 3.21. The zero-order valence-corrected chi connectivity index (χ0v) is 10.1.